The van der Waals surface area contributed by atoms with Crippen LogP contribution in [0.4, 0.5) is 10.1 Å². The largest absolute Gasteiger partial charge is 0.458 e. The van der Waals surface area contributed by atoms with Gasteiger partial charge in [-0.3, -0.25) is 0 Å². The van der Waals surface area contributed by atoms with E-state index >= 15 is 0 Å². The highest BCUT2D eigenvalue weighted by Crippen LogP contribution is 2.24. The predicted octanol–water partition coefficient (Wildman–Crippen LogP) is 2.33. The third-order valence-electron chi connectivity index (χ3n) is 1.92. The highest BCUT2D eigenvalue weighted by molar-refractivity contribution is 6.30. The van der Waals surface area contributed by atoms with Gasteiger partial charge >= 0.3 is 5.97 Å². The first kappa shape index (κ1) is 12.7. The van der Waals surface area contributed by atoms with Gasteiger partial charge < -0.3 is 10.5 Å². The van der Waals surface area contributed by atoms with E-state index in [9.17, 15) is 9.18 Å². The Balaban J connectivity index is 3.20. The molecule has 0 aliphatic heterocycles. The molecule has 0 atom stereocenters. The fourth-order valence-corrected chi connectivity index (χ4v) is 1.29. The first-order valence-corrected chi connectivity index (χ1v) is 5.04. The molecule has 1 heterocycles. The second-order valence-electron chi connectivity index (χ2n) is 3.56. The Kier molecular flexibility index (Phi) is 3.70. The minimum Gasteiger partial charge on any atom is -0.458 e. The van der Waals surface area contributed by atoms with Gasteiger partial charge in [-0.1, -0.05) is 11.6 Å². The van der Waals surface area contributed by atoms with Crippen LogP contribution in [0.3, 0.4) is 0 Å². The highest BCUT2D eigenvalue weighted by atomic mass is 35.5. The summed E-state index contributed by atoms with van der Waals surface area (Å²) in [5, 5.41) is -0.432. The van der Waals surface area contributed by atoms with Crippen molar-refractivity contribution in [2.24, 2.45) is 0 Å². The van der Waals surface area contributed by atoms with Crippen molar-refractivity contribution in [2.45, 2.75) is 26.9 Å². The van der Waals surface area contributed by atoms with Crippen LogP contribution in [0.2, 0.25) is 5.15 Å². The standard InChI is InChI=1S/C10H12ClFN2O2/c1-4(2)16-10(15)8-5(3)7(13)6(12)9(11)14-8/h4H,1-3H3,(H2,13,14). The second-order valence-corrected chi connectivity index (χ2v) is 3.92. The van der Waals surface area contributed by atoms with Gasteiger partial charge in [0, 0.05) is 5.56 Å². The number of nitrogens with zero attached hydrogens (tertiary/aromatic N) is 1. The molecule has 1 aromatic rings. The summed E-state index contributed by atoms with van der Waals surface area (Å²) in [7, 11) is 0. The fourth-order valence-electron chi connectivity index (χ4n) is 1.10. The molecule has 0 amide bonds. The van der Waals surface area contributed by atoms with Crippen molar-refractivity contribution in [1.29, 1.82) is 0 Å². The van der Waals surface area contributed by atoms with Crippen molar-refractivity contribution >= 4 is 23.3 Å². The molecule has 0 aliphatic carbocycles. The van der Waals surface area contributed by atoms with E-state index in [0.717, 1.165) is 0 Å². The zero-order valence-corrected chi connectivity index (χ0v) is 9.93. The minimum absolute atomic E-state index is 0.0578. The maximum atomic E-state index is 13.2. The summed E-state index contributed by atoms with van der Waals surface area (Å²) >= 11 is 5.50. The van der Waals surface area contributed by atoms with Crippen molar-refractivity contribution in [3.8, 4) is 0 Å². The van der Waals surface area contributed by atoms with Crippen LogP contribution >= 0.6 is 11.6 Å². The zero-order valence-electron chi connectivity index (χ0n) is 9.17. The third-order valence-corrected chi connectivity index (χ3v) is 2.17. The van der Waals surface area contributed by atoms with Crippen molar-refractivity contribution in [2.75, 3.05) is 5.73 Å². The number of pyridine rings is 1. The number of carbonyl (C=O) groups excluding carboxylic acids is 1. The molecular formula is C10H12ClFN2O2. The Morgan fingerprint density at radius 3 is 2.62 bits per heavy atom. The van der Waals surface area contributed by atoms with Crippen LogP contribution in [0, 0.1) is 12.7 Å². The minimum atomic E-state index is -0.819. The molecule has 4 nitrogen and oxygen atoms in total. The lowest BCUT2D eigenvalue weighted by molar-refractivity contribution is 0.0370. The summed E-state index contributed by atoms with van der Waals surface area (Å²) in [4.78, 5) is 15.2. The first-order chi connectivity index (χ1) is 7.34. The maximum absolute atomic E-state index is 13.2. The topological polar surface area (TPSA) is 65.2 Å². The highest BCUT2D eigenvalue weighted by Gasteiger charge is 2.20. The molecule has 1 aromatic heterocycles. The summed E-state index contributed by atoms with van der Waals surface area (Å²) in [5.41, 5.74) is 5.43. The van der Waals surface area contributed by atoms with Crippen molar-refractivity contribution < 1.29 is 13.9 Å². The zero-order chi connectivity index (χ0) is 12.5. The third kappa shape index (κ3) is 2.41. The first-order valence-electron chi connectivity index (χ1n) is 4.66. The number of hydrogen-bond acceptors (Lipinski definition) is 4. The number of rotatable bonds is 2. The van der Waals surface area contributed by atoms with Gasteiger partial charge in [0.25, 0.3) is 0 Å². The number of halogens is 2. The lowest BCUT2D eigenvalue weighted by atomic mass is 10.2. The molecule has 0 aliphatic rings. The van der Waals surface area contributed by atoms with E-state index in [4.69, 9.17) is 22.1 Å². The molecule has 0 radical (unpaired) electrons. The Bertz CT molecular complexity index is 435. The van der Waals surface area contributed by atoms with E-state index in [2.05, 4.69) is 4.98 Å². The molecule has 0 unspecified atom stereocenters. The molecule has 0 fully saturated rings. The second kappa shape index (κ2) is 4.65. The summed E-state index contributed by atoms with van der Waals surface area (Å²) in [6.45, 7) is 4.88. The number of ether oxygens (including phenoxy) is 1. The molecule has 2 N–H and O–H groups in total. The number of nitrogens with two attached hydrogens (primary N) is 1. The van der Waals surface area contributed by atoms with Crippen LogP contribution in [0.15, 0.2) is 0 Å². The van der Waals surface area contributed by atoms with E-state index in [1.807, 2.05) is 0 Å². The Hall–Kier alpha value is -1.36. The fraction of sp³-hybridized carbons (Fsp3) is 0.400. The average molecular weight is 247 g/mol. The van der Waals surface area contributed by atoms with E-state index in [-0.39, 0.29) is 23.0 Å². The van der Waals surface area contributed by atoms with Crippen LogP contribution in [0.5, 0.6) is 0 Å². The molecule has 88 valence electrons. The van der Waals surface area contributed by atoms with Gasteiger partial charge in [0.05, 0.1) is 11.8 Å². The maximum Gasteiger partial charge on any atom is 0.357 e. The molecule has 0 bridgehead atoms. The van der Waals surface area contributed by atoms with Crippen LogP contribution < -0.4 is 5.73 Å². The Morgan fingerprint density at radius 2 is 2.12 bits per heavy atom. The van der Waals surface area contributed by atoms with Crippen LogP contribution in [0.25, 0.3) is 0 Å². The van der Waals surface area contributed by atoms with Gasteiger partial charge in [0.2, 0.25) is 0 Å². The van der Waals surface area contributed by atoms with Gasteiger partial charge in [0.15, 0.2) is 16.7 Å². The van der Waals surface area contributed by atoms with Crippen molar-refractivity contribution in [3.05, 3.63) is 22.2 Å². The summed E-state index contributed by atoms with van der Waals surface area (Å²) < 4.78 is 18.2. The average Bonchev–Trinajstić information content (AvgIpc) is 2.19. The Labute approximate surface area is 97.6 Å². The van der Waals surface area contributed by atoms with Gasteiger partial charge in [-0.25, -0.2) is 14.2 Å². The van der Waals surface area contributed by atoms with Crippen LogP contribution in [-0.4, -0.2) is 17.1 Å². The van der Waals surface area contributed by atoms with Crippen LogP contribution in [-0.2, 0) is 4.74 Å². The molecule has 0 saturated carbocycles. The summed E-state index contributed by atoms with van der Waals surface area (Å²) in [6, 6.07) is 0. The number of nitrogen functional groups attached to an aromatic ring is 1. The number of anilines is 1. The molecule has 6 heteroatoms. The lowest BCUT2D eigenvalue weighted by Crippen LogP contribution is -2.16. The number of carbonyl (C=O) groups is 1. The van der Waals surface area contributed by atoms with Gasteiger partial charge in [-0.2, -0.15) is 0 Å². The van der Waals surface area contributed by atoms with E-state index < -0.39 is 16.9 Å². The molecule has 0 spiro atoms. The Morgan fingerprint density at radius 1 is 1.56 bits per heavy atom. The quantitative estimate of drug-likeness (QED) is 0.643. The van der Waals surface area contributed by atoms with Gasteiger partial charge in [-0.05, 0) is 20.8 Å². The lowest BCUT2D eigenvalue weighted by Gasteiger charge is -2.11. The normalized spacial score (nSPS) is 10.6. The van der Waals surface area contributed by atoms with Crippen molar-refractivity contribution in [3.63, 3.8) is 0 Å². The van der Waals surface area contributed by atoms with Gasteiger partial charge in [-0.15, -0.1) is 0 Å². The molecule has 0 saturated heterocycles. The summed E-state index contributed by atoms with van der Waals surface area (Å²) in [6.07, 6.45) is -0.293. The number of aromatic nitrogens is 1. The molecular weight excluding hydrogens is 235 g/mol. The number of hydrogen-bond donors (Lipinski definition) is 1. The van der Waals surface area contributed by atoms with E-state index in [1.54, 1.807) is 13.8 Å². The number of esters is 1. The summed E-state index contributed by atoms with van der Waals surface area (Å²) in [5.74, 6) is -1.48. The van der Waals surface area contributed by atoms with Crippen LogP contribution in [0.1, 0.15) is 29.9 Å². The van der Waals surface area contributed by atoms with E-state index in [1.165, 1.54) is 6.92 Å². The van der Waals surface area contributed by atoms with E-state index in [0.29, 0.717) is 0 Å². The molecule has 0 aromatic carbocycles. The SMILES string of the molecule is Cc1c(C(=O)OC(C)C)nc(Cl)c(F)c1N. The predicted molar refractivity (Wildman–Crippen MR) is 58.9 cm³/mol. The van der Waals surface area contributed by atoms with Crippen molar-refractivity contribution in [1.82, 2.24) is 4.98 Å². The monoisotopic (exact) mass is 246 g/mol. The van der Waals surface area contributed by atoms with Gasteiger partial charge in [0.1, 0.15) is 0 Å². The smallest absolute Gasteiger partial charge is 0.357 e. The molecule has 1 rings (SSSR count). The molecule has 16 heavy (non-hydrogen) atoms.